The summed E-state index contributed by atoms with van der Waals surface area (Å²) in [5.74, 6) is -0.183. The van der Waals surface area contributed by atoms with E-state index in [0.29, 0.717) is 35.1 Å². The summed E-state index contributed by atoms with van der Waals surface area (Å²) in [6, 6.07) is 5.30. The van der Waals surface area contributed by atoms with Crippen LogP contribution >= 0.6 is 46.9 Å². The summed E-state index contributed by atoms with van der Waals surface area (Å²) < 4.78 is 0. The Bertz CT molecular complexity index is 663. The zero-order valence-corrected chi connectivity index (χ0v) is 15.7. The molecule has 0 radical (unpaired) electrons. The Hall–Kier alpha value is -0.850. The topological polar surface area (TPSA) is 68.0 Å². The molecule has 0 saturated carbocycles. The van der Waals surface area contributed by atoms with Gasteiger partial charge < -0.3 is 11.1 Å². The molecule has 0 bridgehead atoms. The molecule has 3 N–H and O–H groups in total. The van der Waals surface area contributed by atoms with Crippen molar-refractivity contribution >= 4 is 52.9 Å². The minimum absolute atomic E-state index is 0. The number of nitrogens with one attached hydrogen (secondary N) is 1. The molecule has 1 unspecified atom stereocenters. The van der Waals surface area contributed by atoms with Crippen LogP contribution in [-0.2, 0) is 12.8 Å². The van der Waals surface area contributed by atoms with Gasteiger partial charge in [-0.3, -0.25) is 4.79 Å². The lowest BCUT2D eigenvalue weighted by molar-refractivity contribution is 0.0935. The molecule has 0 aliphatic rings. The summed E-state index contributed by atoms with van der Waals surface area (Å²) in [7, 11) is 0. The number of aromatic nitrogens is 1. The third-order valence-corrected chi connectivity index (χ3v) is 4.56. The fraction of sp³-hybridized carbons (Fsp3) is 0.333. The number of hydrogen-bond donors (Lipinski definition) is 2. The number of carbonyl (C=O) groups excluding carboxylic acids is 1. The molecule has 0 fully saturated rings. The van der Waals surface area contributed by atoms with E-state index in [4.69, 9.17) is 28.9 Å². The first-order valence-corrected chi connectivity index (χ1v) is 8.52. The minimum atomic E-state index is -0.183. The summed E-state index contributed by atoms with van der Waals surface area (Å²) in [5.41, 5.74) is 6.86. The quantitative estimate of drug-likeness (QED) is 0.784. The Labute approximate surface area is 155 Å². The van der Waals surface area contributed by atoms with Gasteiger partial charge in [0.25, 0.3) is 5.91 Å². The Balaban J connectivity index is 0.00000264. The maximum atomic E-state index is 12.1. The molecule has 1 atom stereocenters. The van der Waals surface area contributed by atoms with Crippen LogP contribution in [0.5, 0.6) is 0 Å². The van der Waals surface area contributed by atoms with E-state index < -0.39 is 0 Å². The molecular formula is C15H18Cl3N3OS. The molecule has 8 heteroatoms. The highest BCUT2D eigenvalue weighted by atomic mass is 35.5. The Morgan fingerprint density at radius 1 is 1.43 bits per heavy atom. The molecule has 1 aromatic carbocycles. The smallest absolute Gasteiger partial charge is 0.270 e. The molecule has 126 valence electrons. The number of amides is 1. The molecule has 0 aliphatic heterocycles. The van der Waals surface area contributed by atoms with Gasteiger partial charge in [0.15, 0.2) is 0 Å². The third kappa shape index (κ3) is 5.94. The SMILES string of the molecule is CC(Cc1ccc(Cl)cc1Cl)NC(=O)c1csc(CCN)n1.Cl. The van der Waals surface area contributed by atoms with E-state index in [-0.39, 0.29) is 24.4 Å². The number of carbonyl (C=O) groups is 1. The molecule has 1 amide bonds. The number of thiazole rings is 1. The largest absolute Gasteiger partial charge is 0.348 e. The van der Waals surface area contributed by atoms with Gasteiger partial charge >= 0.3 is 0 Å². The van der Waals surface area contributed by atoms with Crippen molar-refractivity contribution in [1.29, 1.82) is 0 Å². The normalized spacial score (nSPS) is 11.7. The van der Waals surface area contributed by atoms with E-state index in [9.17, 15) is 4.79 Å². The van der Waals surface area contributed by atoms with Crippen LogP contribution in [0.25, 0.3) is 0 Å². The van der Waals surface area contributed by atoms with Crippen molar-refractivity contribution in [2.45, 2.75) is 25.8 Å². The number of nitrogens with zero attached hydrogens (tertiary/aromatic N) is 1. The van der Waals surface area contributed by atoms with E-state index in [2.05, 4.69) is 10.3 Å². The number of rotatable bonds is 6. The average molecular weight is 395 g/mol. The van der Waals surface area contributed by atoms with Gasteiger partial charge in [-0.1, -0.05) is 29.3 Å². The van der Waals surface area contributed by atoms with Gasteiger partial charge in [-0.15, -0.1) is 23.7 Å². The Morgan fingerprint density at radius 2 is 2.17 bits per heavy atom. The van der Waals surface area contributed by atoms with Crippen LogP contribution in [-0.4, -0.2) is 23.5 Å². The van der Waals surface area contributed by atoms with Gasteiger partial charge in [0.2, 0.25) is 0 Å². The standard InChI is InChI=1S/C15H17Cl2N3OS.ClH/c1-9(6-10-2-3-11(16)7-12(10)17)19-15(21)13-8-22-14(20-13)4-5-18;/h2-3,7-9H,4-6,18H2,1H3,(H,19,21);1H. The van der Waals surface area contributed by atoms with Crippen LogP contribution in [0, 0.1) is 0 Å². The Morgan fingerprint density at radius 3 is 2.83 bits per heavy atom. The lowest BCUT2D eigenvalue weighted by atomic mass is 10.1. The number of hydrogen-bond acceptors (Lipinski definition) is 4. The first-order valence-electron chi connectivity index (χ1n) is 6.89. The highest BCUT2D eigenvalue weighted by molar-refractivity contribution is 7.09. The fourth-order valence-corrected chi connectivity index (χ4v) is 3.30. The van der Waals surface area contributed by atoms with Crippen molar-refractivity contribution < 1.29 is 4.79 Å². The van der Waals surface area contributed by atoms with Gasteiger partial charge in [0.1, 0.15) is 5.69 Å². The van der Waals surface area contributed by atoms with Crippen molar-refractivity contribution in [3.63, 3.8) is 0 Å². The van der Waals surface area contributed by atoms with E-state index in [1.165, 1.54) is 11.3 Å². The first-order chi connectivity index (χ1) is 10.5. The van der Waals surface area contributed by atoms with E-state index in [1.54, 1.807) is 17.5 Å². The van der Waals surface area contributed by atoms with Crippen LogP contribution in [0.1, 0.15) is 28.0 Å². The summed E-state index contributed by atoms with van der Waals surface area (Å²) in [6.45, 7) is 2.45. The third-order valence-electron chi connectivity index (χ3n) is 3.06. The number of nitrogens with two attached hydrogens (primary N) is 1. The van der Waals surface area contributed by atoms with E-state index >= 15 is 0 Å². The molecule has 0 saturated heterocycles. The van der Waals surface area contributed by atoms with Crippen molar-refractivity contribution in [3.8, 4) is 0 Å². The maximum absolute atomic E-state index is 12.1. The molecular weight excluding hydrogens is 377 g/mol. The zero-order valence-electron chi connectivity index (χ0n) is 12.5. The van der Waals surface area contributed by atoms with E-state index in [0.717, 1.165) is 10.6 Å². The van der Waals surface area contributed by atoms with Crippen molar-refractivity contribution in [2.24, 2.45) is 5.73 Å². The number of benzene rings is 1. The maximum Gasteiger partial charge on any atom is 0.270 e. The van der Waals surface area contributed by atoms with Crippen LogP contribution in [0.3, 0.4) is 0 Å². The molecule has 1 aromatic heterocycles. The summed E-state index contributed by atoms with van der Waals surface area (Å²) in [6.07, 6.45) is 1.31. The molecule has 1 heterocycles. The lowest BCUT2D eigenvalue weighted by Crippen LogP contribution is -2.34. The van der Waals surface area contributed by atoms with Gasteiger partial charge in [-0.2, -0.15) is 0 Å². The predicted molar refractivity (Wildman–Crippen MR) is 99.2 cm³/mol. The average Bonchev–Trinajstić information content (AvgIpc) is 2.91. The van der Waals surface area contributed by atoms with Crippen molar-refractivity contribution in [3.05, 3.63) is 49.9 Å². The summed E-state index contributed by atoms with van der Waals surface area (Å²) >= 11 is 13.5. The van der Waals surface area contributed by atoms with Gasteiger partial charge in [-0.05, 0) is 37.6 Å². The van der Waals surface area contributed by atoms with Crippen molar-refractivity contribution in [2.75, 3.05) is 6.54 Å². The zero-order chi connectivity index (χ0) is 16.1. The highest BCUT2D eigenvalue weighted by Gasteiger charge is 2.14. The van der Waals surface area contributed by atoms with Crippen LogP contribution in [0.2, 0.25) is 10.0 Å². The van der Waals surface area contributed by atoms with Crippen LogP contribution in [0.4, 0.5) is 0 Å². The second kappa shape index (κ2) is 9.45. The van der Waals surface area contributed by atoms with Crippen molar-refractivity contribution in [1.82, 2.24) is 10.3 Å². The van der Waals surface area contributed by atoms with E-state index in [1.807, 2.05) is 13.0 Å². The fourth-order valence-electron chi connectivity index (χ4n) is 2.02. The molecule has 23 heavy (non-hydrogen) atoms. The highest BCUT2D eigenvalue weighted by Crippen LogP contribution is 2.22. The minimum Gasteiger partial charge on any atom is -0.348 e. The van der Waals surface area contributed by atoms with Gasteiger partial charge in [0.05, 0.1) is 5.01 Å². The molecule has 2 rings (SSSR count). The van der Waals surface area contributed by atoms with Crippen LogP contribution < -0.4 is 11.1 Å². The van der Waals surface area contributed by atoms with Gasteiger partial charge in [-0.25, -0.2) is 4.98 Å². The summed E-state index contributed by atoms with van der Waals surface area (Å²) in [5, 5.41) is 6.75. The number of halogens is 3. The molecule has 2 aromatic rings. The second-order valence-electron chi connectivity index (χ2n) is 4.98. The van der Waals surface area contributed by atoms with Crippen LogP contribution in [0.15, 0.2) is 23.6 Å². The summed E-state index contributed by atoms with van der Waals surface area (Å²) in [4.78, 5) is 16.4. The monoisotopic (exact) mass is 393 g/mol. The molecule has 0 aliphatic carbocycles. The predicted octanol–water partition coefficient (Wildman–Crippen LogP) is 3.73. The molecule has 4 nitrogen and oxygen atoms in total. The van der Waals surface area contributed by atoms with Gasteiger partial charge in [0, 0.05) is 27.9 Å². The molecule has 0 spiro atoms. The first kappa shape index (κ1) is 20.2. The Kier molecular flexibility index (Phi) is 8.29. The second-order valence-corrected chi connectivity index (χ2v) is 6.77. The lowest BCUT2D eigenvalue weighted by Gasteiger charge is -2.14.